The van der Waals surface area contributed by atoms with Gasteiger partial charge < -0.3 is 9.32 Å². The van der Waals surface area contributed by atoms with Crippen LogP contribution >= 0.6 is 11.3 Å². The molecule has 0 N–H and O–H groups in total. The third kappa shape index (κ3) is 5.88. The van der Waals surface area contributed by atoms with Crippen molar-refractivity contribution in [3.05, 3.63) is 212 Å². The Balaban J connectivity index is 1.07. The van der Waals surface area contributed by atoms with Crippen LogP contribution in [0.3, 0.4) is 0 Å². The largest absolute Gasteiger partial charge is 0.455 e. The van der Waals surface area contributed by atoms with Gasteiger partial charge in [0.05, 0.1) is 10.4 Å². The van der Waals surface area contributed by atoms with Crippen LogP contribution in [0.25, 0.3) is 86.6 Å². The van der Waals surface area contributed by atoms with Crippen LogP contribution in [-0.4, -0.2) is 0 Å². The highest BCUT2D eigenvalue weighted by molar-refractivity contribution is 7.26. The summed E-state index contributed by atoms with van der Waals surface area (Å²) in [6.45, 7) is 0. The van der Waals surface area contributed by atoms with Gasteiger partial charge in [0, 0.05) is 43.2 Å². The Morgan fingerprint density at radius 2 is 0.930 bits per heavy atom. The van der Waals surface area contributed by atoms with Crippen LogP contribution in [-0.2, 0) is 0 Å². The summed E-state index contributed by atoms with van der Waals surface area (Å²) in [4.78, 5) is 2.44. The van der Waals surface area contributed by atoms with Gasteiger partial charge >= 0.3 is 0 Å². The normalized spacial score (nSPS) is 11.5. The maximum atomic E-state index is 6.51. The minimum atomic E-state index is 0.892. The van der Waals surface area contributed by atoms with Gasteiger partial charge in [-0.1, -0.05) is 158 Å². The van der Waals surface area contributed by atoms with Crippen LogP contribution in [0.4, 0.5) is 17.1 Å². The number of fused-ring (bicyclic) bond motifs is 6. The lowest BCUT2D eigenvalue weighted by molar-refractivity contribution is 0.670. The van der Waals surface area contributed by atoms with Crippen LogP contribution in [0.5, 0.6) is 0 Å². The van der Waals surface area contributed by atoms with E-state index in [0.717, 1.165) is 61.3 Å². The zero-order valence-corrected chi connectivity index (χ0v) is 31.8. The van der Waals surface area contributed by atoms with E-state index >= 15 is 0 Å². The van der Waals surface area contributed by atoms with Gasteiger partial charge in [-0.05, 0) is 93.5 Å². The van der Waals surface area contributed by atoms with Crippen LogP contribution in [0.2, 0.25) is 0 Å². The molecule has 0 atom stereocenters. The van der Waals surface area contributed by atoms with Crippen LogP contribution < -0.4 is 4.90 Å². The van der Waals surface area contributed by atoms with Gasteiger partial charge in [-0.2, -0.15) is 0 Å². The molecule has 0 aliphatic heterocycles. The molecule has 0 bridgehead atoms. The highest BCUT2D eigenvalue weighted by Crippen LogP contribution is 2.47. The quantitative estimate of drug-likeness (QED) is 0.162. The lowest BCUT2D eigenvalue weighted by Gasteiger charge is -2.27. The Bertz CT molecular complexity index is 3160. The topological polar surface area (TPSA) is 16.4 Å². The molecule has 11 rings (SSSR count). The molecule has 3 heteroatoms. The minimum Gasteiger partial charge on any atom is -0.455 e. The zero-order chi connectivity index (χ0) is 37.7. The molecule has 0 saturated carbocycles. The fourth-order valence-corrected chi connectivity index (χ4v) is 9.50. The lowest BCUT2D eigenvalue weighted by atomic mass is 9.97. The van der Waals surface area contributed by atoms with Crippen molar-refractivity contribution in [1.82, 2.24) is 0 Å². The van der Waals surface area contributed by atoms with E-state index in [4.69, 9.17) is 4.42 Å². The Labute approximate surface area is 335 Å². The lowest BCUT2D eigenvalue weighted by Crippen LogP contribution is -2.10. The molecule has 0 aliphatic rings. The van der Waals surface area contributed by atoms with Crippen molar-refractivity contribution in [2.24, 2.45) is 0 Å². The van der Waals surface area contributed by atoms with Crippen molar-refractivity contribution in [1.29, 1.82) is 0 Å². The molecule has 11 aromatic rings. The van der Waals surface area contributed by atoms with Crippen LogP contribution in [0.1, 0.15) is 0 Å². The molecule has 2 aromatic heterocycles. The average molecular weight is 746 g/mol. The number of nitrogens with zero attached hydrogens (tertiary/aromatic N) is 1. The van der Waals surface area contributed by atoms with E-state index in [1.807, 2.05) is 17.4 Å². The summed E-state index contributed by atoms with van der Waals surface area (Å²) >= 11 is 1.86. The third-order valence-corrected chi connectivity index (χ3v) is 12.3. The fraction of sp³-hybridized carbons (Fsp3) is 0. The van der Waals surface area contributed by atoms with E-state index in [9.17, 15) is 0 Å². The van der Waals surface area contributed by atoms with Crippen molar-refractivity contribution in [2.75, 3.05) is 4.90 Å². The highest BCUT2D eigenvalue weighted by atomic mass is 32.1. The first-order valence-corrected chi connectivity index (χ1v) is 20.1. The van der Waals surface area contributed by atoms with Crippen molar-refractivity contribution in [2.45, 2.75) is 0 Å². The molecule has 0 fully saturated rings. The van der Waals surface area contributed by atoms with Gasteiger partial charge in [0.2, 0.25) is 0 Å². The number of benzene rings is 9. The molecule has 2 nitrogen and oxygen atoms in total. The number of thiophene rings is 1. The number of hydrogen-bond donors (Lipinski definition) is 0. The SMILES string of the molecule is c1ccc(-c2cc(-c3ccccc3)cc(N(c3ccc(-c4ccc5oc6c(-c7ccccc7)cccc6c5c4)cc3)c3cccc4c3sc3ccccc34)c2)cc1. The Hall–Kier alpha value is -7.20. The molecule has 0 spiro atoms. The summed E-state index contributed by atoms with van der Waals surface area (Å²) in [6.07, 6.45) is 0. The molecule has 0 saturated heterocycles. The molecule has 268 valence electrons. The number of rotatable bonds is 7. The number of hydrogen-bond acceptors (Lipinski definition) is 3. The molecule has 0 unspecified atom stereocenters. The van der Waals surface area contributed by atoms with E-state index in [1.54, 1.807) is 0 Å². The summed E-state index contributed by atoms with van der Waals surface area (Å²) < 4.78 is 9.07. The van der Waals surface area contributed by atoms with Crippen molar-refractivity contribution >= 4 is 70.5 Å². The minimum absolute atomic E-state index is 0.892. The molecule has 57 heavy (non-hydrogen) atoms. The molecule has 2 heterocycles. The Kier molecular flexibility index (Phi) is 8.04. The van der Waals surface area contributed by atoms with Crippen LogP contribution in [0, 0.1) is 0 Å². The molecular weight excluding hydrogens is 711 g/mol. The molecular formula is C54H35NOS. The Morgan fingerprint density at radius 3 is 1.65 bits per heavy atom. The molecule has 9 aromatic carbocycles. The van der Waals surface area contributed by atoms with E-state index in [-0.39, 0.29) is 0 Å². The summed E-state index contributed by atoms with van der Waals surface area (Å²) in [5.41, 5.74) is 14.4. The summed E-state index contributed by atoms with van der Waals surface area (Å²) in [7, 11) is 0. The summed E-state index contributed by atoms with van der Waals surface area (Å²) in [5.74, 6) is 0. The second kappa shape index (κ2) is 13.8. The van der Waals surface area contributed by atoms with Gasteiger partial charge in [-0.3, -0.25) is 0 Å². The first-order valence-electron chi connectivity index (χ1n) is 19.3. The van der Waals surface area contributed by atoms with E-state index in [0.29, 0.717) is 0 Å². The maximum absolute atomic E-state index is 6.51. The van der Waals surface area contributed by atoms with Gasteiger partial charge in [-0.15, -0.1) is 11.3 Å². The van der Waals surface area contributed by atoms with Gasteiger partial charge in [0.25, 0.3) is 0 Å². The Morgan fingerprint density at radius 1 is 0.351 bits per heavy atom. The maximum Gasteiger partial charge on any atom is 0.143 e. The zero-order valence-electron chi connectivity index (χ0n) is 31.0. The average Bonchev–Trinajstić information content (AvgIpc) is 3.86. The van der Waals surface area contributed by atoms with E-state index < -0.39 is 0 Å². The number of furan rings is 1. The second-order valence-corrected chi connectivity index (χ2v) is 15.5. The summed E-state index contributed by atoms with van der Waals surface area (Å²) in [6, 6.07) is 76.4. The summed E-state index contributed by atoms with van der Waals surface area (Å²) in [5, 5.41) is 4.80. The van der Waals surface area contributed by atoms with Gasteiger partial charge in [0.1, 0.15) is 11.2 Å². The first-order chi connectivity index (χ1) is 28.2. The molecule has 0 aliphatic carbocycles. The molecule has 0 amide bonds. The second-order valence-electron chi connectivity index (χ2n) is 14.5. The highest BCUT2D eigenvalue weighted by Gasteiger charge is 2.20. The van der Waals surface area contributed by atoms with Crippen molar-refractivity contribution in [3.63, 3.8) is 0 Å². The van der Waals surface area contributed by atoms with Crippen LogP contribution in [0.15, 0.2) is 217 Å². The monoisotopic (exact) mass is 745 g/mol. The van der Waals surface area contributed by atoms with Crippen molar-refractivity contribution < 1.29 is 4.42 Å². The predicted octanol–water partition coefficient (Wildman–Crippen LogP) is 16.1. The van der Waals surface area contributed by atoms with E-state index in [2.05, 4.69) is 211 Å². The van der Waals surface area contributed by atoms with Gasteiger partial charge in [-0.25, -0.2) is 0 Å². The number of anilines is 3. The first kappa shape index (κ1) is 33.2. The smallest absolute Gasteiger partial charge is 0.143 e. The van der Waals surface area contributed by atoms with Gasteiger partial charge in [0.15, 0.2) is 0 Å². The van der Waals surface area contributed by atoms with Crippen molar-refractivity contribution in [3.8, 4) is 44.5 Å². The molecule has 0 radical (unpaired) electrons. The predicted molar refractivity (Wildman–Crippen MR) is 243 cm³/mol. The number of para-hydroxylation sites is 1. The van der Waals surface area contributed by atoms with E-state index in [1.165, 1.54) is 42.4 Å². The standard InChI is InChI=1S/C54H35NOS/c1-4-14-36(15-5-1)41-32-42(37-16-6-2-7-17-37)34-44(33-41)55(50-24-13-23-48-46-20-10-11-25-52(46)57-54(48)50)43-29-26-38(27-30-43)40-28-31-51-49(35-40)47-22-12-21-45(53(47)56-51)39-18-8-3-9-19-39/h1-35H. The third-order valence-electron chi connectivity index (χ3n) is 11.1. The fourth-order valence-electron chi connectivity index (χ4n) is 8.30.